The molecule has 3 aromatic carbocycles. The van der Waals surface area contributed by atoms with Crippen molar-refractivity contribution in [2.45, 2.75) is 19.4 Å². The van der Waals surface area contributed by atoms with Crippen LogP contribution in [0, 0.1) is 29.4 Å². The quantitative estimate of drug-likeness (QED) is 0.186. The maximum atomic E-state index is 14.2. The van der Waals surface area contributed by atoms with Crippen molar-refractivity contribution in [1.29, 1.82) is 0 Å². The summed E-state index contributed by atoms with van der Waals surface area (Å²) in [4.78, 5) is 38.3. The van der Waals surface area contributed by atoms with E-state index in [2.05, 4.69) is 6.08 Å². The Morgan fingerprint density at radius 1 is 0.756 bits per heavy atom. The van der Waals surface area contributed by atoms with Crippen LogP contribution in [-0.4, -0.2) is 32.1 Å². The van der Waals surface area contributed by atoms with Crippen molar-refractivity contribution in [2.75, 3.05) is 14.2 Å². The van der Waals surface area contributed by atoms with Gasteiger partial charge < -0.3 is 23.7 Å². The normalized spacial score (nSPS) is 18.6. The first kappa shape index (κ1) is 27.8. The number of allylic oxidation sites excluding steroid dienone is 2. The zero-order valence-electron chi connectivity index (χ0n) is 22.2. The summed E-state index contributed by atoms with van der Waals surface area (Å²) in [5.41, 5.74) is 0.0975. The van der Waals surface area contributed by atoms with Crippen LogP contribution in [0.4, 0.5) is 8.78 Å². The summed E-state index contributed by atoms with van der Waals surface area (Å²) in [6.45, 7) is -0.279. The van der Waals surface area contributed by atoms with Crippen molar-refractivity contribution in [3.63, 3.8) is 0 Å². The van der Waals surface area contributed by atoms with Gasteiger partial charge in [-0.2, -0.15) is 0 Å². The molecule has 41 heavy (non-hydrogen) atoms. The Balaban J connectivity index is 1.36. The van der Waals surface area contributed by atoms with Crippen molar-refractivity contribution in [3.05, 3.63) is 95.1 Å². The van der Waals surface area contributed by atoms with Crippen LogP contribution < -0.4 is 18.9 Å². The minimum atomic E-state index is -0.865. The number of rotatable bonds is 9. The second kappa shape index (κ2) is 11.8. The van der Waals surface area contributed by atoms with Crippen LogP contribution in [0.2, 0.25) is 0 Å². The summed E-state index contributed by atoms with van der Waals surface area (Å²) in [6, 6.07) is 11.3. The van der Waals surface area contributed by atoms with Gasteiger partial charge in [0.25, 0.3) is 0 Å². The molecule has 5 rings (SSSR count). The standard InChI is InChI=1S/C31H26F2O8/c1-37-27-8-5-19(14-24(27)32)29(34)40-22-7-10-26(41-30(35)20-6-9-28(38-2)25(33)15-20)21(13-22)16-39-31(36)23-12-17-3-4-18(23)11-17/h3-10,13-15,17-18,23H,11-12,16H2,1-2H3. The van der Waals surface area contributed by atoms with Crippen LogP contribution in [0.25, 0.3) is 0 Å². The Morgan fingerprint density at radius 2 is 1.37 bits per heavy atom. The lowest BCUT2D eigenvalue weighted by atomic mass is 9.94. The molecule has 0 amide bonds. The molecule has 0 saturated heterocycles. The second-order valence-corrected chi connectivity index (χ2v) is 9.74. The van der Waals surface area contributed by atoms with Crippen LogP contribution in [0.15, 0.2) is 66.7 Å². The fraction of sp³-hybridized carbons (Fsp3) is 0.258. The topological polar surface area (TPSA) is 97.4 Å². The van der Waals surface area contributed by atoms with Gasteiger partial charge in [-0.05, 0) is 79.3 Å². The van der Waals surface area contributed by atoms with Crippen LogP contribution in [-0.2, 0) is 16.1 Å². The van der Waals surface area contributed by atoms with Gasteiger partial charge in [-0.25, -0.2) is 18.4 Å². The fourth-order valence-electron chi connectivity index (χ4n) is 5.05. The molecule has 3 atom stereocenters. The smallest absolute Gasteiger partial charge is 0.343 e. The molecule has 0 N–H and O–H groups in total. The Bertz CT molecular complexity index is 1530. The number of carbonyl (C=O) groups is 3. The predicted octanol–water partition coefficient (Wildman–Crippen LogP) is 5.68. The van der Waals surface area contributed by atoms with E-state index in [4.69, 9.17) is 23.7 Å². The second-order valence-electron chi connectivity index (χ2n) is 9.74. The molecule has 3 aromatic rings. The largest absolute Gasteiger partial charge is 0.494 e. The molecule has 2 aliphatic carbocycles. The number of ether oxygens (including phenoxy) is 5. The summed E-state index contributed by atoms with van der Waals surface area (Å²) >= 11 is 0. The molecule has 0 heterocycles. The number of benzene rings is 3. The summed E-state index contributed by atoms with van der Waals surface area (Å²) in [6.07, 6.45) is 5.77. The average Bonchev–Trinajstić information content (AvgIpc) is 3.61. The molecule has 2 aliphatic rings. The van der Waals surface area contributed by atoms with Gasteiger partial charge >= 0.3 is 17.9 Å². The lowest BCUT2D eigenvalue weighted by Gasteiger charge is -2.18. The molecule has 0 aromatic heterocycles. The highest BCUT2D eigenvalue weighted by Crippen LogP contribution is 2.44. The van der Waals surface area contributed by atoms with Crippen LogP contribution >= 0.6 is 0 Å². The van der Waals surface area contributed by atoms with Crippen molar-refractivity contribution < 1.29 is 46.8 Å². The van der Waals surface area contributed by atoms with E-state index < -0.39 is 23.6 Å². The Kier molecular flexibility index (Phi) is 8.00. The number of fused-ring (bicyclic) bond motifs is 2. The maximum Gasteiger partial charge on any atom is 0.343 e. The SMILES string of the molecule is COc1ccc(C(=O)Oc2ccc(OC(=O)c3ccc(OC)c(F)c3)c(COC(=O)C3CC4C=CC3C4)c2)cc1F. The minimum absolute atomic E-state index is 0.0159. The zero-order chi connectivity index (χ0) is 29.1. The van der Waals surface area contributed by atoms with E-state index in [-0.39, 0.29) is 64.1 Å². The van der Waals surface area contributed by atoms with Gasteiger partial charge in [-0.3, -0.25) is 4.79 Å². The lowest BCUT2D eigenvalue weighted by molar-refractivity contribution is -0.150. The highest BCUT2D eigenvalue weighted by molar-refractivity contribution is 5.92. The van der Waals surface area contributed by atoms with Crippen molar-refractivity contribution in [2.24, 2.45) is 17.8 Å². The molecule has 2 bridgehead atoms. The fourth-order valence-corrected chi connectivity index (χ4v) is 5.05. The third-order valence-corrected chi connectivity index (χ3v) is 7.17. The molecular formula is C31H26F2O8. The van der Waals surface area contributed by atoms with E-state index in [0.717, 1.165) is 18.6 Å². The molecule has 1 fully saturated rings. The zero-order valence-corrected chi connectivity index (χ0v) is 22.2. The highest BCUT2D eigenvalue weighted by Gasteiger charge is 2.40. The Labute approximate surface area is 234 Å². The van der Waals surface area contributed by atoms with Gasteiger partial charge in [0.15, 0.2) is 23.1 Å². The van der Waals surface area contributed by atoms with E-state index in [0.29, 0.717) is 12.3 Å². The summed E-state index contributed by atoms with van der Waals surface area (Å²) in [5, 5.41) is 0. The molecule has 10 heteroatoms. The third-order valence-electron chi connectivity index (χ3n) is 7.17. The summed E-state index contributed by atoms with van der Waals surface area (Å²) in [5.74, 6) is -3.34. The number of carbonyl (C=O) groups excluding carboxylic acids is 3. The van der Waals surface area contributed by atoms with Crippen molar-refractivity contribution in [3.8, 4) is 23.0 Å². The monoisotopic (exact) mass is 564 g/mol. The highest BCUT2D eigenvalue weighted by atomic mass is 19.1. The molecular weight excluding hydrogens is 538 g/mol. The molecule has 0 radical (unpaired) electrons. The third kappa shape index (κ3) is 6.06. The average molecular weight is 565 g/mol. The van der Waals surface area contributed by atoms with E-state index in [1.54, 1.807) is 0 Å². The molecule has 8 nitrogen and oxygen atoms in total. The molecule has 212 valence electrons. The Hall–Kier alpha value is -4.73. The van der Waals surface area contributed by atoms with Gasteiger partial charge in [0.1, 0.15) is 18.1 Å². The van der Waals surface area contributed by atoms with Gasteiger partial charge in [-0.1, -0.05) is 12.2 Å². The first-order chi connectivity index (χ1) is 19.7. The first-order valence-corrected chi connectivity index (χ1v) is 12.8. The number of hydrogen-bond donors (Lipinski definition) is 0. The van der Waals surface area contributed by atoms with E-state index >= 15 is 0 Å². The number of esters is 3. The first-order valence-electron chi connectivity index (χ1n) is 12.8. The van der Waals surface area contributed by atoms with Gasteiger partial charge in [0, 0.05) is 5.56 Å². The van der Waals surface area contributed by atoms with E-state index in [1.165, 1.54) is 56.7 Å². The number of halogens is 2. The number of hydrogen-bond acceptors (Lipinski definition) is 8. The summed E-state index contributed by atoms with van der Waals surface area (Å²) < 4.78 is 54.5. The van der Waals surface area contributed by atoms with Gasteiger partial charge in [0.05, 0.1) is 31.3 Å². The molecule has 3 unspecified atom stereocenters. The maximum absolute atomic E-state index is 14.2. The Morgan fingerprint density at radius 3 is 1.90 bits per heavy atom. The lowest BCUT2D eigenvalue weighted by Crippen LogP contribution is -2.21. The molecule has 0 aliphatic heterocycles. The van der Waals surface area contributed by atoms with Crippen LogP contribution in [0.5, 0.6) is 23.0 Å². The predicted molar refractivity (Wildman–Crippen MR) is 141 cm³/mol. The van der Waals surface area contributed by atoms with Crippen LogP contribution in [0.3, 0.4) is 0 Å². The van der Waals surface area contributed by atoms with Gasteiger partial charge in [0.2, 0.25) is 0 Å². The number of methoxy groups -OCH3 is 2. The van der Waals surface area contributed by atoms with Crippen LogP contribution in [0.1, 0.15) is 39.1 Å². The minimum Gasteiger partial charge on any atom is -0.494 e. The summed E-state index contributed by atoms with van der Waals surface area (Å²) in [7, 11) is 2.61. The van der Waals surface area contributed by atoms with Gasteiger partial charge in [-0.15, -0.1) is 0 Å². The van der Waals surface area contributed by atoms with E-state index in [1.807, 2.05) is 6.08 Å². The van der Waals surface area contributed by atoms with E-state index in [9.17, 15) is 23.2 Å². The molecule has 0 spiro atoms. The van der Waals surface area contributed by atoms with Crippen molar-refractivity contribution in [1.82, 2.24) is 0 Å². The molecule has 1 saturated carbocycles. The van der Waals surface area contributed by atoms with Crippen molar-refractivity contribution >= 4 is 17.9 Å².